The van der Waals surface area contributed by atoms with Gasteiger partial charge in [0.25, 0.3) is 0 Å². The summed E-state index contributed by atoms with van der Waals surface area (Å²) in [7, 11) is 0. The molecule has 0 amide bonds. The zero-order valence-corrected chi connectivity index (χ0v) is 16.8. The van der Waals surface area contributed by atoms with Crippen LogP contribution in [0.15, 0.2) is 73.1 Å². The van der Waals surface area contributed by atoms with Crippen LogP contribution < -0.4 is 20.5 Å². The molecule has 0 radical (unpaired) electrons. The van der Waals surface area contributed by atoms with Crippen LogP contribution in [0.5, 0.6) is 17.4 Å². The Morgan fingerprint density at radius 1 is 0.933 bits per heavy atom. The molecule has 0 aliphatic heterocycles. The summed E-state index contributed by atoms with van der Waals surface area (Å²) >= 11 is 0. The van der Waals surface area contributed by atoms with Crippen molar-refractivity contribution in [2.45, 2.75) is 19.8 Å². The van der Waals surface area contributed by atoms with Crippen molar-refractivity contribution < 1.29 is 9.47 Å². The minimum Gasteiger partial charge on any atom is -0.494 e. The number of benzene rings is 3. The van der Waals surface area contributed by atoms with Gasteiger partial charge in [0.1, 0.15) is 23.5 Å². The standard InChI is InChI=1S/C24H24N4O2/c1-2-3-15-29-19-13-11-18(12-14-19)28-23-22(25)24(27-16-26-23)30-21-10-6-8-17-7-4-5-9-20(17)21/h4-14,16H,2-3,15,25H2,1H3,(H,26,27,28). The normalized spacial score (nSPS) is 10.7. The molecule has 6 heteroatoms. The molecule has 1 heterocycles. The monoisotopic (exact) mass is 400 g/mol. The van der Waals surface area contributed by atoms with E-state index in [4.69, 9.17) is 15.2 Å². The Hall–Kier alpha value is -3.80. The number of nitrogens with zero attached hydrogens (tertiary/aromatic N) is 2. The molecular weight excluding hydrogens is 376 g/mol. The molecule has 0 fully saturated rings. The molecule has 0 atom stereocenters. The first kappa shape index (κ1) is 19.5. The highest BCUT2D eigenvalue weighted by atomic mass is 16.5. The fourth-order valence-corrected chi connectivity index (χ4v) is 3.05. The minimum absolute atomic E-state index is 0.309. The maximum absolute atomic E-state index is 6.30. The minimum atomic E-state index is 0.309. The van der Waals surface area contributed by atoms with Crippen molar-refractivity contribution in [1.29, 1.82) is 0 Å². The van der Waals surface area contributed by atoms with Gasteiger partial charge in [-0.15, -0.1) is 0 Å². The Morgan fingerprint density at radius 3 is 2.57 bits per heavy atom. The second-order valence-electron chi connectivity index (χ2n) is 6.87. The molecule has 0 aliphatic carbocycles. The van der Waals surface area contributed by atoms with Crippen LogP contribution in [0.3, 0.4) is 0 Å². The Labute approximate surface area is 175 Å². The molecule has 0 saturated heterocycles. The highest BCUT2D eigenvalue weighted by Crippen LogP contribution is 2.34. The zero-order chi connectivity index (χ0) is 20.8. The van der Waals surface area contributed by atoms with E-state index in [0.717, 1.165) is 41.7 Å². The predicted molar refractivity (Wildman–Crippen MR) is 121 cm³/mol. The van der Waals surface area contributed by atoms with Gasteiger partial charge in [-0.3, -0.25) is 0 Å². The fraction of sp³-hybridized carbons (Fsp3) is 0.167. The molecule has 30 heavy (non-hydrogen) atoms. The lowest BCUT2D eigenvalue weighted by atomic mass is 10.1. The van der Waals surface area contributed by atoms with Crippen LogP contribution in [0.1, 0.15) is 19.8 Å². The van der Waals surface area contributed by atoms with E-state index >= 15 is 0 Å². The Kier molecular flexibility index (Phi) is 5.94. The number of aromatic nitrogens is 2. The van der Waals surface area contributed by atoms with Crippen LogP contribution in [0.25, 0.3) is 10.8 Å². The molecule has 3 N–H and O–H groups in total. The molecule has 4 rings (SSSR count). The lowest BCUT2D eigenvalue weighted by Gasteiger charge is -2.13. The van der Waals surface area contributed by atoms with Crippen LogP contribution in [-0.4, -0.2) is 16.6 Å². The number of nitrogens with two attached hydrogens (primary N) is 1. The van der Waals surface area contributed by atoms with E-state index in [0.29, 0.717) is 23.1 Å². The van der Waals surface area contributed by atoms with E-state index in [2.05, 4.69) is 22.2 Å². The summed E-state index contributed by atoms with van der Waals surface area (Å²) < 4.78 is 11.7. The van der Waals surface area contributed by atoms with Gasteiger partial charge >= 0.3 is 0 Å². The summed E-state index contributed by atoms with van der Waals surface area (Å²) in [6.45, 7) is 2.86. The maximum Gasteiger partial charge on any atom is 0.248 e. The first-order chi connectivity index (χ1) is 14.7. The van der Waals surface area contributed by atoms with E-state index in [1.54, 1.807) is 0 Å². The lowest BCUT2D eigenvalue weighted by molar-refractivity contribution is 0.309. The number of fused-ring (bicyclic) bond motifs is 1. The van der Waals surface area contributed by atoms with Gasteiger partial charge in [0, 0.05) is 11.1 Å². The average Bonchev–Trinajstić information content (AvgIpc) is 2.78. The van der Waals surface area contributed by atoms with Gasteiger partial charge in [0.15, 0.2) is 5.82 Å². The highest BCUT2D eigenvalue weighted by molar-refractivity contribution is 5.88. The summed E-state index contributed by atoms with van der Waals surface area (Å²) in [5.74, 6) is 2.32. The first-order valence-corrected chi connectivity index (χ1v) is 10.0. The van der Waals surface area contributed by atoms with Crippen molar-refractivity contribution in [3.63, 3.8) is 0 Å². The number of nitrogens with one attached hydrogen (secondary N) is 1. The second kappa shape index (κ2) is 9.13. The van der Waals surface area contributed by atoms with Crippen LogP contribution in [0.4, 0.5) is 17.2 Å². The molecule has 152 valence electrons. The molecule has 3 aromatic carbocycles. The lowest BCUT2D eigenvalue weighted by Crippen LogP contribution is -2.03. The van der Waals surface area contributed by atoms with E-state index in [1.807, 2.05) is 66.7 Å². The van der Waals surface area contributed by atoms with Gasteiger partial charge in [-0.1, -0.05) is 49.7 Å². The molecule has 0 saturated carbocycles. The van der Waals surface area contributed by atoms with Crippen LogP contribution >= 0.6 is 0 Å². The topological polar surface area (TPSA) is 82.3 Å². The molecule has 0 unspecified atom stereocenters. The van der Waals surface area contributed by atoms with E-state index in [1.165, 1.54) is 6.33 Å². The summed E-state index contributed by atoms with van der Waals surface area (Å²) in [5.41, 5.74) is 7.48. The van der Waals surface area contributed by atoms with Crippen LogP contribution in [0.2, 0.25) is 0 Å². The third-order valence-corrected chi connectivity index (χ3v) is 4.69. The number of ether oxygens (including phenoxy) is 2. The smallest absolute Gasteiger partial charge is 0.248 e. The van der Waals surface area contributed by atoms with Crippen molar-refractivity contribution in [3.8, 4) is 17.4 Å². The number of hydrogen-bond acceptors (Lipinski definition) is 6. The molecule has 0 spiro atoms. The molecule has 6 nitrogen and oxygen atoms in total. The molecule has 1 aromatic heterocycles. The Morgan fingerprint density at radius 2 is 1.73 bits per heavy atom. The average molecular weight is 400 g/mol. The van der Waals surface area contributed by atoms with Crippen molar-refractivity contribution in [1.82, 2.24) is 9.97 Å². The third-order valence-electron chi connectivity index (χ3n) is 4.69. The van der Waals surface area contributed by atoms with E-state index < -0.39 is 0 Å². The highest BCUT2D eigenvalue weighted by Gasteiger charge is 2.12. The van der Waals surface area contributed by atoms with Gasteiger partial charge in [-0.2, -0.15) is 4.98 Å². The number of rotatable bonds is 8. The van der Waals surface area contributed by atoms with E-state index in [-0.39, 0.29) is 0 Å². The number of nitrogen functional groups attached to an aromatic ring is 1. The third kappa shape index (κ3) is 4.43. The molecule has 0 bridgehead atoms. The maximum atomic E-state index is 6.30. The van der Waals surface area contributed by atoms with Gasteiger partial charge in [-0.25, -0.2) is 4.98 Å². The Balaban J connectivity index is 1.52. The molecule has 4 aromatic rings. The summed E-state index contributed by atoms with van der Waals surface area (Å²) in [5, 5.41) is 5.30. The summed E-state index contributed by atoms with van der Waals surface area (Å²) in [6.07, 6.45) is 3.58. The second-order valence-corrected chi connectivity index (χ2v) is 6.87. The Bertz CT molecular complexity index is 1120. The number of unbranched alkanes of at least 4 members (excludes halogenated alkanes) is 1. The SMILES string of the molecule is CCCCOc1ccc(Nc2ncnc(Oc3cccc4ccccc34)c2N)cc1. The quantitative estimate of drug-likeness (QED) is 0.357. The fourth-order valence-electron chi connectivity index (χ4n) is 3.05. The van der Waals surface area contributed by atoms with Crippen molar-refractivity contribution in [3.05, 3.63) is 73.1 Å². The van der Waals surface area contributed by atoms with Crippen molar-refractivity contribution in [2.24, 2.45) is 0 Å². The first-order valence-electron chi connectivity index (χ1n) is 10.0. The van der Waals surface area contributed by atoms with Gasteiger partial charge < -0.3 is 20.5 Å². The van der Waals surface area contributed by atoms with E-state index in [9.17, 15) is 0 Å². The van der Waals surface area contributed by atoms with Crippen molar-refractivity contribution in [2.75, 3.05) is 17.7 Å². The molecule has 0 aliphatic rings. The number of anilines is 3. The summed E-state index contributed by atoms with van der Waals surface area (Å²) in [4.78, 5) is 8.48. The van der Waals surface area contributed by atoms with Crippen LogP contribution in [0, 0.1) is 0 Å². The predicted octanol–water partition coefficient (Wildman–Crippen LogP) is 5.93. The van der Waals surface area contributed by atoms with Gasteiger partial charge in [-0.05, 0) is 42.1 Å². The van der Waals surface area contributed by atoms with Crippen LogP contribution in [-0.2, 0) is 0 Å². The molecular formula is C24H24N4O2. The largest absolute Gasteiger partial charge is 0.494 e. The van der Waals surface area contributed by atoms with Gasteiger partial charge in [0.2, 0.25) is 5.88 Å². The van der Waals surface area contributed by atoms with Crippen molar-refractivity contribution >= 4 is 28.0 Å². The summed E-state index contributed by atoms with van der Waals surface area (Å²) in [6, 6.07) is 21.6. The number of hydrogen-bond donors (Lipinski definition) is 2. The van der Waals surface area contributed by atoms with Gasteiger partial charge in [0.05, 0.1) is 6.61 Å². The zero-order valence-electron chi connectivity index (χ0n) is 16.8.